The van der Waals surface area contributed by atoms with Gasteiger partial charge in [0.05, 0.1) is 17.2 Å². The van der Waals surface area contributed by atoms with Gasteiger partial charge in [0, 0.05) is 18.7 Å². The van der Waals surface area contributed by atoms with Crippen molar-refractivity contribution in [1.29, 1.82) is 0 Å². The molecule has 0 radical (unpaired) electrons. The van der Waals surface area contributed by atoms with Gasteiger partial charge in [-0.3, -0.25) is 14.4 Å². The summed E-state index contributed by atoms with van der Waals surface area (Å²) < 4.78 is 44.0. The van der Waals surface area contributed by atoms with Gasteiger partial charge in [-0.05, 0) is 37.6 Å². The molecule has 1 N–H and O–H groups in total. The summed E-state index contributed by atoms with van der Waals surface area (Å²) in [7, 11) is 0. The average molecular weight is 434 g/mol. The van der Waals surface area contributed by atoms with Crippen molar-refractivity contribution in [2.24, 2.45) is 5.92 Å². The molecular formula is C22H21F3N2O4. The fourth-order valence-corrected chi connectivity index (χ4v) is 3.49. The maximum atomic E-state index is 13.0. The van der Waals surface area contributed by atoms with Crippen molar-refractivity contribution < 1.29 is 32.3 Å². The molecule has 1 fully saturated rings. The number of ether oxygens (including phenoxy) is 1. The number of nitrogens with one attached hydrogen (secondary N) is 1. The first-order valence-electron chi connectivity index (χ1n) is 9.56. The van der Waals surface area contributed by atoms with Crippen LogP contribution in [-0.4, -0.2) is 30.9 Å². The second-order valence-electron chi connectivity index (χ2n) is 7.39. The predicted molar refractivity (Wildman–Crippen MR) is 107 cm³/mol. The lowest BCUT2D eigenvalue weighted by Crippen LogP contribution is -2.28. The number of benzene rings is 2. The summed E-state index contributed by atoms with van der Waals surface area (Å²) >= 11 is 0. The minimum Gasteiger partial charge on any atom is -0.455 e. The molecule has 164 valence electrons. The van der Waals surface area contributed by atoms with Gasteiger partial charge < -0.3 is 15.0 Å². The number of carbonyl (C=O) groups is 3. The van der Waals surface area contributed by atoms with Crippen LogP contribution in [0.2, 0.25) is 0 Å². The Labute approximate surface area is 177 Å². The van der Waals surface area contributed by atoms with Crippen molar-refractivity contribution in [3.63, 3.8) is 0 Å². The normalized spacial score (nSPS) is 16.4. The summed E-state index contributed by atoms with van der Waals surface area (Å²) in [5.74, 6) is -2.65. The van der Waals surface area contributed by atoms with Crippen LogP contribution in [0, 0.1) is 19.8 Å². The van der Waals surface area contributed by atoms with E-state index in [1.807, 2.05) is 32.0 Å². The lowest BCUT2D eigenvalue weighted by Gasteiger charge is -2.19. The summed E-state index contributed by atoms with van der Waals surface area (Å²) in [6.45, 7) is 3.16. The zero-order valence-corrected chi connectivity index (χ0v) is 17.0. The molecular weight excluding hydrogens is 413 g/mol. The van der Waals surface area contributed by atoms with Gasteiger partial charge in [-0.1, -0.05) is 29.8 Å². The minimum absolute atomic E-state index is 0.0648. The second kappa shape index (κ2) is 8.79. The molecule has 1 heterocycles. The summed E-state index contributed by atoms with van der Waals surface area (Å²) in [5.41, 5.74) is 1.22. The predicted octanol–water partition coefficient (Wildman–Crippen LogP) is 3.86. The third-order valence-electron chi connectivity index (χ3n) is 4.95. The third-order valence-corrected chi connectivity index (χ3v) is 4.95. The van der Waals surface area contributed by atoms with Crippen LogP contribution in [0.5, 0.6) is 0 Å². The van der Waals surface area contributed by atoms with E-state index in [-0.39, 0.29) is 18.9 Å². The molecule has 1 atom stereocenters. The van der Waals surface area contributed by atoms with Crippen LogP contribution in [0.4, 0.5) is 24.5 Å². The van der Waals surface area contributed by atoms with Crippen molar-refractivity contribution in [3.8, 4) is 0 Å². The van der Waals surface area contributed by atoms with Gasteiger partial charge in [0.15, 0.2) is 6.61 Å². The van der Waals surface area contributed by atoms with Gasteiger partial charge in [-0.15, -0.1) is 0 Å². The number of para-hydroxylation sites is 1. The van der Waals surface area contributed by atoms with Gasteiger partial charge in [0.1, 0.15) is 0 Å². The van der Waals surface area contributed by atoms with Gasteiger partial charge in [0.2, 0.25) is 5.91 Å². The topological polar surface area (TPSA) is 75.7 Å². The maximum absolute atomic E-state index is 13.0. The molecule has 0 unspecified atom stereocenters. The number of nitrogens with zero attached hydrogens (tertiary/aromatic N) is 1. The van der Waals surface area contributed by atoms with E-state index >= 15 is 0 Å². The molecule has 0 saturated carbocycles. The number of hydrogen-bond acceptors (Lipinski definition) is 4. The number of amides is 2. The Balaban J connectivity index is 1.58. The Morgan fingerprint density at radius 3 is 2.55 bits per heavy atom. The lowest BCUT2D eigenvalue weighted by atomic mass is 10.1. The Kier molecular flexibility index (Phi) is 6.33. The SMILES string of the molecule is Cc1ccc(N2C[C@H](C(=O)OCC(=O)Nc3ccccc3C(F)(F)F)CC2=O)c(C)c1. The van der Waals surface area contributed by atoms with Crippen molar-refractivity contribution in [1.82, 2.24) is 0 Å². The van der Waals surface area contributed by atoms with Gasteiger partial charge >= 0.3 is 12.1 Å². The zero-order valence-electron chi connectivity index (χ0n) is 17.0. The lowest BCUT2D eigenvalue weighted by molar-refractivity contribution is -0.151. The summed E-state index contributed by atoms with van der Waals surface area (Å²) in [6, 6.07) is 10.1. The zero-order chi connectivity index (χ0) is 22.8. The number of halogens is 3. The highest BCUT2D eigenvalue weighted by atomic mass is 19.4. The Hall–Kier alpha value is -3.36. The number of hydrogen-bond donors (Lipinski definition) is 1. The number of esters is 1. The highest BCUT2D eigenvalue weighted by molar-refractivity contribution is 6.00. The van der Waals surface area contributed by atoms with Gasteiger partial charge in [0.25, 0.3) is 5.91 Å². The fourth-order valence-electron chi connectivity index (χ4n) is 3.49. The number of carbonyl (C=O) groups excluding carboxylic acids is 3. The first kappa shape index (κ1) is 22.3. The van der Waals surface area contributed by atoms with Crippen LogP contribution in [0.25, 0.3) is 0 Å². The van der Waals surface area contributed by atoms with Crippen LogP contribution in [0.15, 0.2) is 42.5 Å². The number of alkyl halides is 3. The molecule has 0 aromatic heterocycles. The minimum atomic E-state index is -4.64. The summed E-state index contributed by atoms with van der Waals surface area (Å²) in [6.07, 6.45) is -4.70. The quantitative estimate of drug-likeness (QED) is 0.726. The first-order valence-corrected chi connectivity index (χ1v) is 9.56. The van der Waals surface area contributed by atoms with Crippen molar-refractivity contribution in [2.75, 3.05) is 23.4 Å². The van der Waals surface area contributed by atoms with E-state index in [1.165, 1.54) is 17.0 Å². The molecule has 1 aliphatic heterocycles. The molecule has 3 rings (SSSR count). The summed E-state index contributed by atoms with van der Waals surface area (Å²) in [4.78, 5) is 38.2. The van der Waals surface area contributed by atoms with Crippen molar-refractivity contribution >= 4 is 29.2 Å². The molecule has 9 heteroatoms. The van der Waals surface area contributed by atoms with Crippen LogP contribution < -0.4 is 10.2 Å². The average Bonchev–Trinajstić information content (AvgIpc) is 3.07. The molecule has 31 heavy (non-hydrogen) atoms. The molecule has 6 nitrogen and oxygen atoms in total. The largest absolute Gasteiger partial charge is 0.455 e. The van der Waals surface area contributed by atoms with Crippen LogP contribution in [0.3, 0.4) is 0 Å². The molecule has 2 aromatic rings. The number of aryl methyl sites for hydroxylation is 2. The van der Waals surface area contributed by atoms with E-state index in [1.54, 1.807) is 0 Å². The standard InChI is InChI=1S/C22H21F3N2O4/c1-13-7-8-18(14(2)9-13)27-11-15(10-20(27)29)21(30)31-12-19(28)26-17-6-4-3-5-16(17)22(23,24)25/h3-9,15H,10-12H2,1-2H3,(H,26,28)/t15-/m1/s1. The van der Waals surface area contributed by atoms with Gasteiger partial charge in [-0.25, -0.2) is 0 Å². The van der Waals surface area contributed by atoms with Crippen LogP contribution >= 0.6 is 0 Å². The van der Waals surface area contributed by atoms with E-state index in [2.05, 4.69) is 5.32 Å². The second-order valence-corrected chi connectivity index (χ2v) is 7.39. The fraction of sp³-hybridized carbons (Fsp3) is 0.318. The van der Waals surface area contributed by atoms with E-state index in [0.29, 0.717) is 5.69 Å². The molecule has 2 aromatic carbocycles. The van der Waals surface area contributed by atoms with E-state index in [0.717, 1.165) is 23.3 Å². The van der Waals surface area contributed by atoms with Crippen LogP contribution in [0.1, 0.15) is 23.1 Å². The van der Waals surface area contributed by atoms with E-state index < -0.39 is 41.8 Å². The molecule has 1 saturated heterocycles. The molecule has 0 aliphatic carbocycles. The Bertz CT molecular complexity index is 1020. The number of anilines is 2. The molecule has 1 aliphatic rings. The highest BCUT2D eigenvalue weighted by Crippen LogP contribution is 2.34. The monoisotopic (exact) mass is 434 g/mol. The molecule has 2 amide bonds. The van der Waals surface area contributed by atoms with E-state index in [9.17, 15) is 27.6 Å². The first-order chi connectivity index (χ1) is 14.6. The Morgan fingerprint density at radius 1 is 1.16 bits per heavy atom. The van der Waals surface area contributed by atoms with Crippen LogP contribution in [-0.2, 0) is 25.3 Å². The van der Waals surface area contributed by atoms with Crippen molar-refractivity contribution in [2.45, 2.75) is 26.4 Å². The Morgan fingerprint density at radius 2 is 1.87 bits per heavy atom. The van der Waals surface area contributed by atoms with Crippen molar-refractivity contribution in [3.05, 3.63) is 59.2 Å². The smallest absolute Gasteiger partial charge is 0.418 e. The molecule has 0 spiro atoms. The van der Waals surface area contributed by atoms with Gasteiger partial charge in [-0.2, -0.15) is 13.2 Å². The number of rotatable bonds is 5. The summed E-state index contributed by atoms with van der Waals surface area (Å²) in [5, 5.41) is 2.11. The third kappa shape index (κ3) is 5.22. The maximum Gasteiger partial charge on any atom is 0.418 e. The highest BCUT2D eigenvalue weighted by Gasteiger charge is 2.37. The van der Waals surface area contributed by atoms with E-state index in [4.69, 9.17) is 4.74 Å². The molecule has 0 bridgehead atoms.